The van der Waals surface area contributed by atoms with Crippen LogP contribution in [-0.4, -0.2) is 55.2 Å². The van der Waals surface area contributed by atoms with Crippen LogP contribution in [-0.2, 0) is 20.8 Å². The Morgan fingerprint density at radius 3 is 2.76 bits per heavy atom. The number of esters is 1. The molecule has 2 fully saturated rings. The third kappa shape index (κ3) is 6.15. The lowest BCUT2D eigenvalue weighted by Crippen LogP contribution is -2.44. The zero-order chi connectivity index (χ0) is 29.5. The summed E-state index contributed by atoms with van der Waals surface area (Å²) in [5, 5.41) is 8.18. The molecule has 11 heteroatoms. The van der Waals surface area contributed by atoms with Gasteiger partial charge in [0.2, 0.25) is 5.91 Å². The fourth-order valence-electron chi connectivity index (χ4n) is 7.64. The number of nitrogens with one attached hydrogen (secondary N) is 1. The molecule has 0 spiro atoms. The number of aryl methyl sites for hydroxylation is 1. The zero-order valence-corrected chi connectivity index (χ0v) is 28.2. The molecule has 0 saturated heterocycles. The summed E-state index contributed by atoms with van der Waals surface area (Å²) in [7, 11) is 5.33. The maximum atomic E-state index is 12.9. The molecular weight excluding hydrogens is 672 g/mol. The molecule has 0 bridgehead atoms. The number of halogens is 2. The van der Waals surface area contributed by atoms with Gasteiger partial charge in [0.25, 0.3) is 0 Å². The minimum Gasteiger partial charge on any atom is -0.423 e. The van der Waals surface area contributed by atoms with E-state index in [9.17, 15) is 9.59 Å². The Labute approximate surface area is 262 Å². The molecule has 3 aliphatic carbocycles. The number of amides is 1. The number of hydrogen-bond acceptors (Lipinski definition) is 8. The predicted octanol–water partition coefficient (Wildman–Crippen LogP) is 6.95. The number of anilines is 1. The number of hydrogen-bond donors (Lipinski definition) is 1. The van der Waals surface area contributed by atoms with Crippen molar-refractivity contribution in [2.24, 2.45) is 28.3 Å². The Morgan fingerprint density at radius 1 is 1.29 bits per heavy atom. The predicted molar refractivity (Wildman–Crippen MR) is 169 cm³/mol. The van der Waals surface area contributed by atoms with Gasteiger partial charge in [0, 0.05) is 22.9 Å². The first-order valence-electron chi connectivity index (χ1n) is 14.2. The summed E-state index contributed by atoms with van der Waals surface area (Å²) in [5.74, 6) is 1.92. The largest absolute Gasteiger partial charge is 0.423 e. The molecule has 8 nitrogen and oxygen atoms in total. The van der Waals surface area contributed by atoms with E-state index in [0.717, 1.165) is 58.1 Å². The van der Waals surface area contributed by atoms with E-state index in [2.05, 4.69) is 60.3 Å². The molecule has 0 aliphatic heterocycles. The lowest BCUT2D eigenvalue weighted by Gasteiger charge is -2.50. The van der Waals surface area contributed by atoms with Crippen molar-refractivity contribution in [2.45, 2.75) is 64.7 Å². The summed E-state index contributed by atoms with van der Waals surface area (Å²) in [4.78, 5) is 37.8. The number of nitrogens with zero attached hydrogens (tertiary/aromatic N) is 3. The fraction of sp³-hybridized carbons (Fsp3) is 0.600. The van der Waals surface area contributed by atoms with Crippen LogP contribution in [0.5, 0.6) is 5.75 Å². The van der Waals surface area contributed by atoms with Crippen molar-refractivity contribution >= 4 is 65.9 Å². The van der Waals surface area contributed by atoms with Gasteiger partial charge in [0.05, 0.1) is 21.2 Å². The molecule has 1 aromatic heterocycles. The first-order valence-corrected chi connectivity index (χ1v) is 16.6. The molecule has 1 heterocycles. The maximum Gasteiger partial charge on any atom is 0.325 e. The van der Waals surface area contributed by atoms with Gasteiger partial charge in [-0.15, -0.1) is 11.3 Å². The van der Waals surface area contributed by atoms with Crippen LogP contribution in [0.1, 0.15) is 67.4 Å². The highest BCUT2D eigenvalue weighted by Crippen LogP contribution is 2.63. The van der Waals surface area contributed by atoms with E-state index < -0.39 is 0 Å². The lowest BCUT2D eigenvalue weighted by molar-refractivity contribution is -0.135. The van der Waals surface area contributed by atoms with Crippen LogP contribution in [0.2, 0.25) is 0 Å². The molecule has 1 N–H and O–H groups in total. The number of benzene rings is 1. The van der Waals surface area contributed by atoms with Gasteiger partial charge in [0.15, 0.2) is 10.9 Å². The highest BCUT2D eigenvalue weighted by atomic mass is 79.9. The average Bonchev–Trinajstić information content (AvgIpc) is 3.44. The minimum atomic E-state index is -0.286. The van der Waals surface area contributed by atoms with Gasteiger partial charge >= 0.3 is 5.97 Å². The van der Waals surface area contributed by atoms with E-state index in [-0.39, 0.29) is 23.8 Å². The summed E-state index contributed by atoms with van der Waals surface area (Å²) in [5.41, 5.74) is 3.67. The number of fused-ring (bicyclic) bond motifs is 5. The number of thiazole rings is 1. The van der Waals surface area contributed by atoms with E-state index in [1.54, 1.807) is 18.2 Å². The highest BCUT2D eigenvalue weighted by Gasteiger charge is 2.58. The molecular formula is C30H38Br2N4O4S. The van der Waals surface area contributed by atoms with Crippen LogP contribution in [0.4, 0.5) is 5.13 Å². The Bertz CT molecular complexity index is 1360. The van der Waals surface area contributed by atoms with Gasteiger partial charge in [-0.05, 0) is 132 Å². The minimum absolute atomic E-state index is 0.0173. The van der Waals surface area contributed by atoms with Crippen LogP contribution < -0.4 is 10.1 Å². The molecule has 3 aliphatic rings. The maximum absolute atomic E-state index is 12.9. The molecule has 1 aromatic carbocycles. The number of aromatic nitrogens is 1. The summed E-state index contributed by atoms with van der Waals surface area (Å²) in [6, 6.07) is 2.18. The van der Waals surface area contributed by atoms with E-state index >= 15 is 0 Å². The van der Waals surface area contributed by atoms with Crippen molar-refractivity contribution in [3.05, 3.63) is 37.2 Å². The average molecular weight is 711 g/mol. The molecule has 1 amide bonds. The second-order valence-corrected chi connectivity index (χ2v) is 15.0. The quantitative estimate of drug-likeness (QED) is 0.181. The van der Waals surface area contributed by atoms with Crippen molar-refractivity contribution in [3.63, 3.8) is 0 Å². The van der Waals surface area contributed by atoms with E-state index in [1.807, 2.05) is 21.0 Å². The van der Waals surface area contributed by atoms with Crippen LogP contribution in [0.25, 0.3) is 0 Å². The monoisotopic (exact) mass is 708 g/mol. The number of likely N-dealkylation sites (N-methyl/N-ethyl adjacent to an activating group) is 1. The summed E-state index contributed by atoms with van der Waals surface area (Å²) in [6.45, 7) is 4.56. The smallest absolute Gasteiger partial charge is 0.325 e. The number of carbonyl (C=O) groups excluding carboxylic acids is 2. The van der Waals surface area contributed by atoms with E-state index in [1.165, 1.54) is 22.5 Å². The van der Waals surface area contributed by atoms with Crippen LogP contribution in [0.3, 0.4) is 0 Å². The van der Waals surface area contributed by atoms with Crippen molar-refractivity contribution in [1.82, 2.24) is 9.88 Å². The lowest BCUT2D eigenvalue weighted by atomic mass is 9.54. The second kappa shape index (κ2) is 12.4. The van der Waals surface area contributed by atoms with Crippen LogP contribution >= 0.6 is 43.2 Å². The number of oxime groups is 1. The second-order valence-electron chi connectivity index (χ2n) is 12.1. The first kappa shape index (κ1) is 30.6. The Morgan fingerprint density at radius 2 is 2.07 bits per heavy atom. The SMILES string of the molecule is CO/N=C1/C[C@@H](CCC(=O)Nc2ncc(C)s2)C2C3CCc4c(cc(Br)c(OC(=O)CN(C)C)c4Br)C3CC[C@]12C. The third-order valence-corrected chi connectivity index (χ3v) is 11.5. The molecule has 3 unspecified atom stereocenters. The van der Waals surface area contributed by atoms with E-state index in [4.69, 9.17) is 9.57 Å². The molecule has 2 saturated carbocycles. The normalized spacial score (nSPS) is 27.8. The summed E-state index contributed by atoms with van der Waals surface area (Å²) < 4.78 is 7.45. The van der Waals surface area contributed by atoms with Gasteiger partial charge in [-0.2, -0.15) is 0 Å². The molecule has 2 aromatic rings. The van der Waals surface area contributed by atoms with Crippen LogP contribution in [0, 0.1) is 30.1 Å². The zero-order valence-electron chi connectivity index (χ0n) is 24.3. The fourth-order valence-corrected chi connectivity index (χ4v) is 9.83. The van der Waals surface area contributed by atoms with Crippen molar-refractivity contribution in [3.8, 4) is 5.75 Å². The van der Waals surface area contributed by atoms with Crippen molar-refractivity contribution < 1.29 is 19.2 Å². The van der Waals surface area contributed by atoms with Crippen LogP contribution in [0.15, 0.2) is 26.4 Å². The Hall–Kier alpha value is -1.82. The summed E-state index contributed by atoms with van der Waals surface area (Å²) >= 11 is 9.01. The van der Waals surface area contributed by atoms with Gasteiger partial charge in [-0.3, -0.25) is 14.5 Å². The highest BCUT2D eigenvalue weighted by molar-refractivity contribution is 9.11. The Balaban J connectivity index is 1.39. The third-order valence-electron chi connectivity index (χ3n) is 9.22. The topological polar surface area (TPSA) is 93.1 Å². The number of carbonyl (C=O) groups is 2. The van der Waals surface area contributed by atoms with E-state index in [0.29, 0.717) is 41.0 Å². The molecule has 222 valence electrons. The van der Waals surface area contributed by atoms with Crippen molar-refractivity contribution in [2.75, 3.05) is 33.1 Å². The molecule has 41 heavy (non-hydrogen) atoms. The molecule has 0 radical (unpaired) electrons. The van der Waals surface area contributed by atoms with Gasteiger partial charge in [0.1, 0.15) is 7.11 Å². The first-order chi connectivity index (χ1) is 19.5. The Kier molecular flexibility index (Phi) is 9.28. The van der Waals surface area contributed by atoms with Gasteiger partial charge in [-0.1, -0.05) is 12.1 Å². The standard InChI is InChI=1S/C30H38Br2N4O4S/c1-16-14-33-29(41-16)34-24(37)9-6-17-12-23(35-39-5)30(2)11-10-18-19(26(17)30)7-8-20-21(18)13-22(31)28(27(20)32)40-25(38)15-36(3)4/h13-14,17-19,26H,6-12,15H2,1-5H3,(H,33,34,37)/b35-23-/t17-,18?,19?,26?,30-/m1/s1. The molecule has 5 rings (SSSR count). The van der Waals surface area contributed by atoms with Gasteiger partial charge in [-0.25, -0.2) is 4.98 Å². The van der Waals surface area contributed by atoms with Gasteiger partial charge < -0.3 is 14.9 Å². The number of ether oxygens (including phenoxy) is 1. The molecule has 5 atom stereocenters. The number of rotatable bonds is 8. The van der Waals surface area contributed by atoms with Crippen molar-refractivity contribution in [1.29, 1.82) is 0 Å². The summed E-state index contributed by atoms with van der Waals surface area (Å²) in [6.07, 6.45) is 7.95.